The van der Waals surface area contributed by atoms with Gasteiger partial charge in [-0.25, -0.2) is 9.59 Å². The molecule has 200 valence electrons. The van der Waals surface area contributed by atoms with Crippen molar-refractivity contribution in [1.29, 1.82) is 0 Å². The Balaban J connectivity index is 1.83. The van der Waals surface area contributed by atoms with Crippen molar-refractivity contribution in [3.8, 4) is 5.75 Å². The molecule has 0 aromatic heterocycles. The number of nitrogens with zero attached hydrogens (tertiary/aromatic N) is 1. The molecule has 0 spiro atoms. The monoisotopic (exact) mass is 513 g/mol. The first-order chi connectivity index (χ1) is 17.8. The maximum atomic E-state index is 13.2. The molecule has 2 heterocycles. The molecule has 1 aromatic carbocycles. The molecule has 0 aliphatic carbocycles. The van der Waals surface area contributed by atoms with Crippen molar-refractivity contribution in [2.45, 2.75) is 45.8 Å². The van der Waals surface area contributed by atoms with Crippen LogP contribution in [-0.4, -0.2) is 66.6 Å². The molecule has 0 saturated carbocycles. The van der Waals surface area contributed by atoms with E-state index in [1.807, 2.05) is 32.0 Å². The first-order valence-electron chi connectivity index (χ1n) is 12.4. The van der Waals surface area contributed by atoms with Gasteiger partial charge >= 0.3 is 12.1 Å². The van der Waals surface area contributed by atoms with Crippen LogP contribution in [0.5, 0.6) is 5.75 Å². The van der Waals surface area contributed by atoms with Gasteiger partial charge in [0, 0.05) is 18.1 Å². The van der Waals surface area contributed by atoms with Crippen LogP contribution in [0.25, 0.3) is 0 Å². The van der Waals surface area contributed by atoms with E-state index in [0.717, 1.165) is 17.5 Å². The minimum absolute atomic E-state index is 0.000808. The molecule has 9 heteroatoms. The van der Waals surface area contributed by atoms with Crippen LogP contribution >= 0.6 is 0 Å². The summed E-state index contributed by atoms with van der Waals surface area (Å²) in [7, 11) is 0. The van der Waals surface area contributed by atoms with Crippen molar-refractivity contribution in [1.82, 2.24) is 4.90 Å². The highest BCUT2D eigenvalue weighted by Gasteiger charge is 2.61. The average Bonchev–Trinajstić information content (AvgIpc) is 3.13. The standard InChI is InChI=1S/C28H35NO8/c1-6-13-34-27(32)25-21(16-36-22-10-9-19(11-12-30)15-20(22)8-3)17(4)24-23(26(31)29(24)25)18(5)37-28(33)35-14-7-2/h6-7,9-10,15,17-18,23-24,30H,1-2,8,11-14,16H2,3-5H3. The molecule has 4 unspecified atom stereocenters. The maximum Gasteiger partial charge on any atom is 0.508 e. The van der Waals surface area contributed by atoms with Gasteiger partial charge in [-0.1, -0.05) is 51.3 Å². The Hall–Kier alpha value is -3.59. The number of aliphatic hydroxyl groups excluding tert-OH is 1. The van der Waals surface area contributed by atoms with Crippen LogP contribution in [0.3, 0.4) is 0 Å². The molecule has 1 saturated heterocycles. The van der Waals surface area contributed by atoms with Crippen LogP contribution in [0.4, 0.5) is 4.79 Å². The van der Waals surface area contributed by atoms with E-state index in [1.54, 1.807) is 6.92 Å². The number of aryl methyl sites for hydroxylation is 1. The van der Waals surface area contributed by atoms with E-state index in [9.17, 15) is 19.5 Å². The van der Waals surface area contributed by atoms with E-state index >= 15 is 0 Å². The zero-order chi connectivity index (χ0) is 27.1. The molecular weight excluding hydrogens is 478 g/mol. The van der Waals surface area contributed by atoms with Crippen LogP contribution in [0.15, 0.2) is 54.8 Å². The molecule has 0 bridgehead atoms. The van der Waals surface area contributed by atoms with E-state index in [4.69, 9.17) is 18.9 Å². The van der Waals surface area contributed by atoms with Crippen molar-refractivity contribution in [3.63, 3.8) is 0 Å². The number of hydrogen-bond acceptors (Lipinski definition) is 8. The Labute approximate surface area is 217 Å². The second kappa shape index (κ2) is 12.6. The number of carbonyl (C=O) groups excluding carboxylic acids is 3. The van der Waals surface area contributed by atoms with Crippen LogP contribution in [0, 0.1) is 11.8 Å². The summed E-state index contributed by atoms with van der Waals surface area (Å²) in [5, 5.41) is 9.24. The summed E-state index contributed by atoms with van der Waals surface area (Å²) < 4.78 is 21.7. The normalized spacial score (nSPS) is 21.0. The predicted octanol–water partition coefficient (Wildman–Crippen LogP) is 3.35. The zero-order valence-electron chi connectivity index (χ0n) is 21.6. The Morgan fingerprint density at radius 1 is 1.19 bits per heavy atom. The fraction of sp³-hybridized carbons (Fsp3) is 0.464. The number of carbonyl (C=O) groups is 3. The van der Waals surface area contributed by atoms with Crippen molar-refractivity contribution < 1.29 is 38.4 Å². The van der Waals surface area contributed by atoms with Crippen molar-refractivity contribution in [2.75, 3.05) is 26.4 Å². The van der Waals surface area contributed by atoms with Gasteiger partial charge in [-0.3, -0.25) is 4.79 Å². The molecule has 2 aliphatic rings. The number of β-lactam (4-membered cyclic amide) rings is 1. The van der Waals surface area contributed by atoms with E-state index < -0.39 is 30.2 Å². The Morgan fingerprint density at radius 3 is 2.54 bits per heavy atom. The quantitative estimate of drug-likeness (QED) is 0.243. The smallest absolute Gasteiger partial charge is 0.489 e. The summed E-state index contributed by atoms with van der Waals surface area (Å²) >= 11 is 0. The molecule has 4 atom stereocenters. The summed E-state index contributed by atoms with van der Waals surface area (Å²) in [4.78, 5) is 39.6. The minimum Gasteiger partial charge on any atom is -0.489 e. The molecule has 2 aliphatic heterocycles. The molecule has 3 rings (SSSR count). The van der Waals surface area contributed by atoms with Gasteiger partial charge in [-0.15, -0.1) is 0 Å². The number of fused-ring (bicyclic) bond motifs is 1. The minimum atomic E-state index is -0.886. The summed E-state index contributed by atoms with van der Waals surface area (Å²) in [6.07, 6.45) is 2.51. The van der Waals surface area contributed by atoms with E-state index in [-0.39, 0.29) is 43.9 Å². The topological polar surface area (TPSA) is 112 Å². The third kappa shape index (κ3) is 5.88. The summed E-state index contributed by atoms with van der Waals surface area (Å²) in [6.45, 7) is 12.8. The van der Waals surface area contributed by atoms with Gasteiger partial charge in [0.2, 0.25) is 5.91 Å². The lowest BCUT2D eigenvalue weighted by Gasteiger charge is -2.47. The molecule has 9 nitrogen and oxygen atoms in total. The first-order valence-corrected chi connectivity index (χ1v) is 12.4. The van der Waals surface area contributed by atoms with Crippen LogP contribution < -0.4 is 4.74 Å². The van der Waals surface area contributed by atoms with Gasteiger partial charge < -0.3 is 29.0 Å². The van der Waals surface area contributed by atoms with Gasteiger partial charge in [-0.05, 0) is 37.0 Å². The fourth-order valence-corrected chi connectivity index (χ4v) is 4.89. The van der Waals surface area contributed by atoms with Gasteiger partial charge in [0.25, 0.3) is 0 Å². The van der Waals surface area contributed by atoms with Crippen molar-refractivity contribution in [2.24, 2.45) is 11.8 Å². The Kier molecular flexibility index (Phi) is 9.52. The molecular formula is C28H35NO8. The van der Waals surface area contributed by atoms with Gasteiger partial charge in [-0.2, -0.15) is 0 Å². The lowest BCUT2D eigenvalue weighted by Crippen LogP contribution is -2.64. The molecule has 1 N–H and O–H groups in total. The molecule has 1 fully saturated rings. The van der Waals surface area contributed by atoms with E-state index in [0.29, 0.717) is 17.7 Å². The molecule has 1 aromatic rings. The van der Waals surface area contributed by atoms with E-state index in [2.05, 4.69) is 13.2 Å². The fourth-order valence-electron chi connectivity index (χ4n) is 4.89. The van der Waals surface area contributed by atoms with Crippen LogP contribution in [0.2, 0.25) is 0 Å². The molecule has 0 radical (unpaired) electrons. The number of esters is 1. The third-order valence-electron chi connectivity index (χ3n) is 6.72. The number of hydrogen-bond donors (Lipinski definition) is 1. The largest absolute Gasteiger partial charge is 0.508 e. The van der Waals surface area contributed by atoms with Gasteiger partial charge in [0.15, 0.2) is 0 Å². The SMILES string of the molecule is C=CCOC(=O)OC(C)C1C(=O)N2C(C(=O)OCC=C)=C(COc3ccc(CCO)cc3CC)C(C)C12. The second-order valence-electron chi connectivity index (χ2n) is 9.00. The van der Waals surface area contributed by atoms with Crippen molar-refractivity contribution in [3.05, 3.63) is 65.9 Å². The zero-order valence-corrected chi connectivity index (χ0v) is 21.6. The van der Waals surface area contributed by atoms with E-state index in [1.165, 1.54) is 17.1 Å². The van der Waals surface area contributed by atoms with Crippen LogP contribution in [0.1, 0.15) is 31.9 Å². The third-order valence-corrected chi connectivity index (χ3v) is 6.72. The Bertz CT molecular complexity index is 1080. The Morgan fingerprint density at radius 2 is 1.89 bits per heavy atom. The number of amides is 1. The summed E-state index contributed by atoms with van der Waals surface area (Å²) in [5.41, 5.74) is 2.78. The maximum absolute atomic E-state index is 13.2. The number of ether oxygens (including phenoxy) is 4. The van der Waals surface area contributed by atoms with Crippen LogP contribution in [-0.2, 0) is 36.6 Å². The first kappa shape index (κ1) is 28.0. The average molecular weight is 514 g/mol. The lowest BCUT2D eigenvalue weighted by molar-refractivity contribution is -0.164. The molecule has 1 amide bonds. The van der Waals surface area contributed by atoms with Gasteiger partial charge in [0.1, 0.15) is 37.4 Å². The number of benzene rings is 1. The van der Waals surface area contributed by atoms with Gasteiger partial charge in [0.05, 0.1) is 12.0 Å². The second-order valence-corrected chi connectivity index (χ2v) is 9.00. The lowest BCUT2D eigenvalue weighted by atomic mass is 9.77. The summed E-state index contributed by atoms with van der Waals surface area (Å²) in [6, 6.07) is 5.35. The summed E-state index contributed by atoms with van der Waals surface area (Å²) in [5.74, 6) is -1.18. The van der Waals surface area contributed by atoms with Crippen molar-refractivity contribution >= 4 is 18.0 Å². The number of aliphatic hydroxyl groups is 1. The highest BCUT2D eigenvalue weighted by molar-refractivity contribution is 6.01. The highest BCUT2D eigenvalue weighted by Crippen LogP contribution is 2.48. The highest BCUT2D eigenvalue weighted by atomic mass is 16.7. The molecule has 37 heavy (non-hydrogen) atoms. The predicted molar refractivity (Wildman–Crippen MR) is 136 cm³/mol. The number of rotatable bonds is 13.